The Morgan fingerprint density at radius 2 is 2.14 bits per heavy atom. The van der Waals surface area contributed by atoms with E-state index in [1.54, 1.807) is 30.4 Å². The van der Waals surface area contributed by atoms with Crippen LogP contribution in [0.2, 0.25) is 0 Å². The number of nitriles is 1. The zero-order chi connectivity index (χ0) is 19.9. The minimum Gasteiger partial charge on any atom is -0.495 e. The first-order chi connectivity index (χ1) is 13.7. The average molecular weight is 414 g/mol. The molecule has 1 amide bonds. The van der Waals surface area contributed by atoms with Crippen LogP contribution in [0.5, 0.6) is 5.75 Å². The molecule has 0 unspecified atom stereocenters. The van der Waals surface area contributed by atoms with Crippen LogP contribution in [-0.4, -0.2) is 52.0 Å². The third-order valence-electron chi connectivity index (χ3n) is 4.01. The molecule has 0 radical (unpaired) electrons. The van der Waals surface area contributed by atoms with Gasteiger partial charge in [0.2, 0.25) is 5.91 Å². The molecule has 0 bridgehead atoms. The summed E-state index contributed by atoms with van der Waals surface area (Å²) in [5.41, 5.74) is 0.811. The van der Waals surface area contributed by atoms with E-state index in [-0.39, 0.29) is 11.7 Å². The summed E-state index contributed by atoms with van der Waals surface area (Å²) in [5, 5.41) is 20.0. The number of hydrogen-bond acceptors (Lipinski definition) is 7. The lowest BCUT2D eigenvalue weighted by Crippen LogP contribution is -2.29. The molecule has 0 spiro atoms. The maximum absolute atomic E-state index is 12.3. The van der Waals surface area contributed by atoms with Gasteiger partial charge in [0.15, 0.2) is 11.0 Å². The van der Waals surface area contributed by atoms with Crippen molar-refractivity contribution in [2.24, 2.45) is 0 Å². The summed E-state index contributed by atoms with van der Waals surface area (Å²) in [6, 6.07) is 13.6. The number of benzene rings is 1. The van der Waals surface area contributed by atoms with E-state index in [1.807, 2.05) is 52.4 Å². The van der Waals surface area contributed by atoms with Crippen LogP contribution in [0.25, 0.3) is 16.4 Å². The first kappa shape index (κ1) is 19.9. The maximum atomic E-state index is 12.3. The molecule has 7 nitrogen and oxygen atoms in total. The van der Waals surface area contributed by atoms with Gasteiger partial charge in [-0.15, -0.1) is 21.5 Å². The Kier molecular flexibility index (Phi) is 6.68. The molecule has 144 valence electrons. The molecule has 28 heavy (non-hydrogen) atoms. The van der Waals surface area contributed by atoms with E-state index in [0.717, 1.165) is 10.6 Å². The molecular weight excluding hydrogens is 394 g/mol. The number of para-hydroxylation sites is 2. The lowest BCUT2D eigenvalue weighted by Gasteiger charge is -2.16. The molecule has 0 saturated heterocycles. The fraction of sp³-hybridized carbons (Fsp3) is 0.263. The number of thioether (sulfide) groups is 1. The number of thiophene rings is 1. The quantitative estimate of drug-likeness (QED) is 0.526. The minimum atomic E-state index is -0.0625. The van der Waals surface area contributed by atoms with Crippen LogP contribution in [0.3, 0.4) is 0 Å². The monoisotopic (exact) mass is 413 g/mol. The highest BCUT2D eigenvalue weighted by atomic mass is 32.2. The van der Waals surface area contributed by atoms with Crippen LogP contribution < -0.4 is 4.74 Å². The van der Waals surface area contributed by atoms with Crippen molar-refractivity contribution in [3.8, 4) is 28.2 Å². The maximum Gasteiger partial charge on any atom is 0.232 e. The average Bonchev–Trinajstić information content (AvgIpc) is 3.39. The lowest BCUT2D eigenvalue weighted by molar-refractivity contribution is -0.127. The van der Waals surface area contributed by atoms with Gasteiger partial charge in [0.1, 0.15) is 5.75 Å². The van der Waals surface area contributed by atoms with Crippen LogP contribution in [-0.2, 0) is 4.79 Å². The van der Waals surface area contributed by atoms with Crippen molar-refractivity contribution in [2.75, 3.05) is 26.5 Å². The van der Waals surface area contributed by atoms with Gasteiger partial charge in [-0.1, -0.05) is 30.0 Å². The summed E-state index contributed by atoms with van der Waals surface area (Å²) in [4.78, 5) is 14.9. The second-order valence-electron chi connectivity index (χ2n) is 5.80. The van der Waals surface area contributed by atoms with Gasteiger partial charge in [0, 0.05) is 13.6 Å². The molecule has 0 N–H and O–H groups in total. The van der Waals surface area contributed by atoms with Crippen LogP contribution in [0.4, 0.5) is 0 Å². The molecular formula is C19H19N5O2S2. The smallest absolute Gasteiger partial charge is 0.232 e. The molecule has 3 aromatic rings. The highest BCUT2D eigenvalue weighted by Gasteiger charge is 2.20. The van der Waals surface area contributed by atoms with Crippen molar-refractivity contribution < 1.29 is 9.53 Å². The van der Waals surface area contributed by atoms with Crippen molar-refractivity contribution >= 4 is 29.0 Å². The molecule has 2 heterocycles. The first-order valence-electron chi connectivity index (χ1n) is 8.52. The number of carbonyl (C=O) groups excluding carboxylic acids is 1. The van der Waals surface area contributed by atoms with E-state index in [4.69, 9.17) is 10.00 Å². The van der Waals surface area contributed by atoms with Crippen molar-refractivity contribution in [1.82, 2.24) is 19.7 Å². The molecule has 9 heteroatoms. The number of ether oxygens (including phenoxy) is 1. The number of aromatic nitrogens is 3. The second-order valence-corrected chi connectivity index (χ2v) is 7.69. The molecule has 1 aromatic carbocycles. The third-order valence-corrected chi connectivity index (χ3v) is 5.79. The van der Waals surface area contributed by atoms with Gasteiger partial charge >= 0.3 is 0 Å². The number of carbonyl (C=O) groups is 1. The first-order valence-corrected chi connectivity index (χ1v) is 10.4. The lowest BCUT2D eigenvalue weighted by atomic mass is 10.3. The SMILES string of the molecule is COc1ccccc1-n1c(SCC(=O)N(C)CCC#N)nnc1-c1cccs1. The number of nitrogens with zero attached hydrogens (tertiary/aromatic N) is 5. The van der Waals surface area contributed by atoms with Gasteiger partial charge in [-0.25, -0.2) is 0 Å². The summed E-state index contributed by atoms with van der Waals surface area (Å²) in [7, 11) is 3.32. The van der Waals surface area contributed by atoms with Crippen molar-refractivity contribution in [1.29, 1.82) is 5.26 Å². The molecule has 3 rings (SSSR count). The molecule has 0 saturated carbocycles. The van der Waals surface area contributed by atoms with Gasteiger partial charge < -0.3 is 9.64 Å². The fourth-order valence-electron chi connectivity index (χ4n) is 2.54. The Morgan fingerprint density at radius 1 is 1.32 bits per heavy atom. The number of hydrogen-bond donors (Lipinski definition) is 0. The summed E-state index contributed by atoms with van der Waals surface area (Å²) < 4.78 is 7.43. The summed E-state index contributed by atoms with van der Waals surface area (Å²) in [6.07, 6.45) is 0.312. The largest absolute Gasteiger partial charge is 0.495 e. The molecule has 0 fully saturated rings. The van der Waals surface area contributed by atoms with Crippen molar-refractivity contribution in [2.45, 2.75) is 11.6 Å². The van der Waals surface area contributed by atoms with Gasteiger partial charge in [-0.2, -0.15) is 5.26 Å². The molecule has 0 atom stereocenters. The van der Waals surface area contributed by atoms with E-state index in [2.05, 4.69) is 10.2 Å². The van der Waals surface area contributed by atoms with Crippen molar-refractivity contribution in [3.63, 3.8) is 0 Å². The van der Waals surface area contributed by atoms with E-state index in [1.165, 1.54) is 11.8 Å². The van der Waals surface area contributed by atoms with Gasteiger partial charge in [0.05, 0.1) is 35.9 Å². The van der Waals surface area contributed by atoms with Crippen LogP contribution in [0, 0.1) is 11.3 Å². The zero-order valence-corrected chi connectivity index (χ0v) is 17.2. The minimum absolute atomic E-state index is 0.0625. The van der Waals surface area contributed by atoms with Gasteiger partial charge in [-0.05, 0) is 23.6 Å². The van der Waals surface area contributed by atoms with Crippen LogP contribution in [0.15, 0.2) is 46.9 Å². The van der Waals surface area contributed by atoms with Crippen molar-refractivity contribution in [3.05, 3.63) is 41.8 Å². The number of rotatable bonds is 8. The van der Waals surface area contributed by atoms with Gasteiger partial charge in [-0.3, -0.25) is 9.36 Å². The van der Waals surface area contributed by atoms with E-state index in [9.17, 15) is 4.79 Å². The van der Waals surface area contributed by atoms with E-state index < -0.39 is 0 Å². The van der Waals surface area contributed by atoms with Crippen LogP contribution in [0.1, 0.15) is 6.42 Å². The Labute approximate surface area is 171 Å². The summed E-state index contributed by atoms with van der Waals surface area (Å²) in [6.45, 7) is 0.412. The number of methoxy groups -OCH3 is 1. The third kappa shape index (κ3) is 4.35. The number of amides is 1. The Hall–Kier alpha value is -2.83. The predicted molar refractivity (Wildman–Crippen MR) is 110 cm³/mol. The Morgan fingerprint density at radius 3 is 2.86 bits per heavy atom. The molecule has 0 aliphatic carbocycles. The Bertz CT molecular complexity index is 979. The zero-order valence-electron chi connectivity index (χ0n) is 15.5. The Balaban J connectivity index is 1.92. The second kappa shape index (κ2) is 9.39. The van der Waals surface area contributed by atoms with Gasteiger partial charge in [0.25, 0.3) is 0 Å². The topological polar surface area (TPSA) is 84.0 Å². The van der Waals surface area contributed by atoms with Crippen LogP contribution >= 0.6 is 23.1 Å². The van der Waals surface area contributed by atoms with E-state index in [0.29, 0.717) is 29.7 Å². The summed E-state index contributed by atoms with van der Waals surface area (Å²) in [5.74, 6) is 1.54. The highest BCUT2D eigenvalue weighted by molar-refractivity contribution is 7.99. The standard InChI is InChI=1S/C19H19N5O2S2/c1-23(11-6-10-20)17(25)13-28-19-22-21-18(16-9-5-12-27-16)24(19)14-7-3-4-8-15(14)26-2/h3-5,7-9,12H,6,11,13H2,1-2H3. The molecule has 0 aliphatic heterocycles. The molecule has 2 aromatic heterocycles. The molecule has 0 aliphatic rings. The fourth-order valence-corrected chi connectivity index (χ4v) is 4.12. The highest BCUT2D eigenvalue weighted by Crippen LogP contribution is 2.34. The normalized spacial score (nSPS) is 10.5. The summed E-state index contributed by atoms with van der Waals surface area (Å²) >= 11 is 2.88. The predicted octanol–water partition coefficient (Wildman–Crippen LogP) is 3.47. The van der Waals surface area contributed by atoms with E-state index >= 15 is 0 Å².